The maximum atomic E-state index is 12.5. The molecular weight excluding hydrogens is 330 g/mol. The molecule has 4 nitrogen and oxygen atoms in total. The highest BCUT2D eigenvalue weighted by Gasteiger charge is 2.27. The van der Waals surface area contributed by atoms with Crippen molar-refractivity contribution in [1.29, 1.82) is 0 Å². The van der Waals surface area contributed by atoms with Crippen LogP contribution in [0.2, 0.25) is 0 Å². The lowest BCUT2D eigenvalue weighted by Crippen LogP contribution is -2.54. The summed E-state index contributed by atoms with van der Waals surface area (Å²) in [6.45, 7) is 4.65. The minimum Gasteiger partial charge on any atom is -0.344 e. The first kappa shape index (κ1) is 17.8. The number of aromatic nitrogens is 1. The second-order valence-corrected chi connectivity index (χ2v) is 6.56. The van der Waals surface area contributed by atoms with Gasteiger partial charge >= 0.3 is 0 Å². The zero-order valence-corrected chi connectivity index (χ0v) is 14.9. The molecule has 0 N–H and O–H groups in total. The van der Waals surface area contributed by atoms with Gasteiger partial charge in [-0.3, -0.25) is 4.79 Å². The number of amides is 1. The van der Waals surface area contributed by atoms with Crippen LogP contribution in [0.1, 0.15) is 18.9 Å². The summed E-state index contributed by atoms with van der Waals surface area (Å²) >= 11 is 1.66. The maximum absolute atomic E-state index is 12.5. The van der Waals surface area contributed by atoms with E-state index in [9.17, 15) is 4.79 Å². The number of anilines is 1. The number of aryl methyl sites for hydroxylation is 1. The number of carbonyl (C=O) groups is 1. The fourth-order valence-corrected chi connectivity index (χ4v) is 3.59. The van der Waals surface area contributed by atoms with Gasteiger partial charge in [0.2, 0.25) is 5.91 Å². The quantitative estimate of drug-likeness (QED) is 0.848. The molecular formula is C17H22ClN3OS. The Morgan fingerprint density at radius 1 is 1.30 bits per heavy atom. The van der Waals surface area contributed by atoms with Gasteiger partial charge in [0.15, 0.2) is 5.13 Å². The Bertz CT molecular complexity index is 606. The summed E-state index contributed by atoms with van der Waals surface area (Å²) in [6, 6.07) is 10.4. The van der Waals surface area contributed by atoms with E-state index in [0.29, 0.717) is 6.42 Å². The lowest BCUT2D eigenvalue weighted by Gasteiger charge is -2.39. The molecule has 0 saturated carbocycles. The summed E-state index contributed by atoms with van der Waals surface area (Å²) in [6.07, 6.45) is 3.24. The zero-order chi connectivity index (χ0) is 15.4. The molecule has 0 bridgehead atoms. The minimum absolute atomic E-state index is 0. The van der Waals surface area contributed by atoms with Crippen LogP contribution in [0.3, 0.4) is 0 Å². The Morgan fingerprint density at radius 3 is 2.74 bits per heavy atom. The fraction of sp³-hybridized carbons (Fsp3) is 0.412. The van der Waals surface area contributed by atoms with E-state index in [2.05, 4.69) is 28.9 Å². The molecule has 3 rings (SSSR count). The van der Waals surface area contributed by atoms with Gasteiger partial charge < -0.3 is 9.80 Å². The van der Waals surface area contributed by atoms with Crippen LogP contribution in [0.4, 0.5) is 5.13 Å². The van der Waals surface area contributed by atoms with E-state index in [1.54, 1.807) is 11.3 Å². The van der Waals surface area contributed by atoms with Crippen molar-refractivity contribution in [2.45, 2.75) is 25.8 Å². The van der Waals surface area contributed by atoms with E-state index in [1.807, 2.05) is 34.7 Å². The highest BCUT2D eigenvalue weighted by Crippen LogP contribution is 2.21. The summed E-state index contributed by atoms with van der Waals surface area (Å²) in [5.74, 6) is 0.259. The minimum atomic E-state index is 0. The molecule has 1 saturated heterocycles. The Balaban J connectivity index is 0.00000192. The van der Waals surface area contributed by atoms with Gasteiger partial charge in [0, 0.05) is 43.7 Å². The third kappa shape index (κ3) is 4.45. The maximum Gasteiger partial charge on any atom is 0.223 e. The van der Waals surface area contributed by atoms with Gasteiger partial charge in [-0.1, -0.05) is 30.3 Å². The molecule has 1 atom stereocenters. The Hall–Kier alpha value is -1.59. The Labute approximate surface area is 147 Å². The number of halogens is 1. The number of hydrogen-bond donors (Lipinski definition) is 0. The van der Waals surface area contributed by atoms with E-state index < -0.39 is 0 Å². The molecule has 1 aromatic heterocycles. The first-order valence-corrected chi connectivity index (χ1v) is 8.60. The molecule has 0 aliphatic carbocycles. The smallest absolute Gasteiger partial charge is 0.223 e. The first-order chi connectivity index (χ1) is 10.7. The van der Waals surface area contributed by atoms with Crippen LogP contribution in [0.5, 0.6) is 0 Å². The summed E-state index contributed by atoms with van der Waals surface area (Å²) in [4.78, 5) is 21.1. The molecule has 1 aliphatic rings. The van der Waals surface area contributed by atoms with E-state index in [4.69, 9.17) is 0 Å². The number of rotatable bonds is 4. The van der Waals surface area contributed by atoms with Gasteiger partial charge in [-0.05, 0) is 18.9 Å². The SMILES string of the molecule is CC1CN(c2nccs2)CCN1C(=O)CCc1ccccc1.Cl. The summed E-state index contributed by atoms with van der Waals surface area (Å²) in [5.41, 5.74) is 1.23. The molecule has 23 heavy (non-hydrogen) atoms. The van der Waals surface area contributed by atoms with E-state index in [1.165, 1.54) is 5.56 Å². The third-order valence-electron chi connectivity index (χ3n) is 4.11. The number of nitrogens with zero attached hydrogens (tertiary/aromatic N) is 3. The fourth-order valence-electron chi connectivity index (χ4n) is 2.91. The standard InChI is InChI=1S/C17H21N3OS.ClH/c1-14-13-19(17-18-9-12-22-17)10-11-20(14)16(21)8-7-15-5-3-2-4-6-15;/h2-6,9,12,14H,7-8,10-11,13H2,1H3;1H. The van der Waals surface area contributed by atoms with Crippen molar-refractivity contribution >= 4 is 34.8 Å². The van der Waals surface area contributed by atoms with Gasteiger partial charge in [0.1, 0.15) is 0 Å². The molecule has 2 heterocycles. The van der Waals surface area contributed by atoms with Gasteiger partial charge in [-0.25, -0.2) is 4.98 Å². The van der Waals surface area contributed by atoms with Crippen molar-refractivity contribution in [1.82, 2.24) is 9.88 Å². The lowest BCUT2D eigenvalue weighted by atomic mass is 10.1. The van der Waals surface area contributed by atoms with Gasteiger partial charge in [-0.15, -0.1) is 23.7 Å². The van der Waals surface area contributed by atoms with Crippen LogP contribution >= 0.6 is 23.7 Å². The number of hydrogen-bond acceptors (Lipinski definition) is 4. The van der Waals surface area contributed by atoms with E-state index in [0.717, 1.165) is 31.2 Å². The molecule has 1 amide bonds. The second-order valence-electron chi connectivity index (χ2n) is 5.68. The summed E-state index contributed by atoms with van der Waals surface area (Å²) < 4.78 is 0. The Kier molecular flexibility index (Phi) is 6.42. The highest BCUT2D eigenvalue weighted by molar-refractivity contribution is 7.13. The van der Waals surface area contributed by atoms with Gasteiger partial charge in [0.05, 0.1) is 0 Å². The van der Waals surface area contributed by atoms with Crippen LogP contribution in [0, 0.1) is 0 Å². The van der Waals surface area contributed by atoms with Gasteiger partial charge in [0.25, 0.3) is 0 Å². The van der Waals surface area contributed by atoms with E-state index in [-0.39, 0.29) is 24.4 Å². The predicted molar refractivity (Wildman–Crippen MR) is 97.5 cm³/mol. The van der Waals surface area contributed by atoms with E-state index >= 15 is 0 Å². The van der Waals surface area contributed by atoms with Crippen LogP contribution in [0.25, 0.3) is 0 Å². The van der Waals surface area contributed by atoms with Gasteiger partial charge in [-0.2, -0.15) is 0 Å². The average molecular weight is 352 g/mol. The van der Waals surface area contributed by atoms with Crippen LogP contribution < -0.4 is 4.90 Å². The Morgan fingerprint density at radius 2 is 2.09 bits per heavy atom. The van der Waals surface area contributed by atoms with Crippen molar-refractivity contribution in [3.05, 3.63) is 47.5 Å². The molecule has 1 aliphatic heterocycles. The third-order valence-corrected chi connectivity index (χ3v) is 4.94. The zero-order valence-electron chi connectivity index (χ0n) is 13.2. The topological polar surface area (TPSA) is 36.4 Å². The number of thiazole rings is 1. The lowest BCUT2D eigenvalue weighted by molar-refractivity contribution is -0.133. The number of carbonyl (C=O) groups excluding carboxylic acids is 1. The van der Waals surface area contributed by atoms with Crippen molar-refractivity contribution in [2.75, 3.05) is 24.5 Å². The summed E-state index contributed by atoms with van der Waals surface area (Å²) in [5, 5.41) is 3.06. The van der Waals surface area contributed by atoms with Crippen molar-refractivity contribution in [3.8, 4) is 0 Å². The molecule has 6 heteroatoms. The van der Waals surface area contributed by atoms with Crippen LogP contribution in [-0.2, 0) is 11.2 Å². The first-order valence-electron chi connectivity index (χ1n) is 7.72. The molecule has 2 aromatic rings. The molecule has 0 spiro atoms. The molecule has 124 valence electrons. The molecule has 1 unspecified atom stereocenters. The van der Waals surface area contributed by atoms with Crippen molar-refractivity contribution < 1.29 is 4.79 Å². The average Bonchev–Trinajstić information content (AvgIpc) is 3.08. The largest absolute Gasteiger partial charge is 0.344 e. The van der Waals surface area contributed by atoms with Crippen molar-refractivity contribution in [2.24, 2.45) is 0 Å². The molecule has 0 radical (unpaired) electrons. The van der Waals surface area contributed by atoms with Crippen LogP contribution in [0.15, 0.2) is 41.9 Å². The molecule has 1 fully saturated rings. The number of benzene rings is 1. The monoisotopic (exact) mass is 351 g/mol. The number of piperazine rings is 1. The second kappa shape index (κ2) is 8.31. The normalized spacial score (nSPS) is 17.7. The van der Waals surface area contributed by atoms with Crippen molar-refractivity contribution in [3.63, 3.8) is 0 Å². The molecule has 1 aromatic carbocycles. The predicted octanol–water partition coefficient (Wildman–Crippen LogP) is 3.23. The highest BCUT2D eigenvalue weighted by atomic mass is 35.5. The van der Waals surface area contributed by atoms with Crippen LogP contribution in [-0.4, -0.2) is 41.5 Å². The summed E-state index contributed by atoms with van der Waals surface area (Å²) in [7, 11) is 0.